The molecular formula is C23H25N3O3. The molecule has 0 spiro atoms. The smallest absolute Gasteiger partial charge is 0.274 e. The zero-order chi connectivity index (χ0) is 20.6. The van der Waals surface area contributed by atoms with E-state index < -0.39 is 0 Å². The Morgan fingerprint density at radius 2 is 1.83 bits per heavy atom. The molecule has 0 saturated heterocycles. The molecule has 3 rings (SSSR count). The molecule has 0 saturated carbocycles. The minimum absolute atomic E-state index is 0.311. The first-order valence-electron chi connectivity index (χ1n) is 9.43. The Hall–Kier alpha value is -3.54. The highest BCUT2D eigenvalue weighted by molar-refractivity contribution is 6.03. The molecule has 6 heteroatoms. The van der Waals surface area contributed by atoms with Gasteiger partial charge in [0.2, 0.25) is 0 Å². The van der Waals surface area contributed by atoms with Crippen molar-refractivity contribution in [3.8, 4) is 11.5 Å². The van der Waals surface area contributed by atoms with Gasteiger partial charge in [0.05, 0.1) is 31.8 Å². The summed E-state index contributed by atoms with van der Waals surface area (Å²) < 4.78 is 10.5. The number of aromatic nitrogens is 1. The van der Waals surface area contributed by atoms with E-state index in [2.05, 4.69) is 34.3 Å². The lowest BCUT2D eigenvalue weighted by Gasteiger charge is -2.23. The van der Waals surface area contributed by atoms with Crippen LogP contribution in [0.1, 0.15) is 23.0 Å². The van der Waals surface area contributed by atoms with E-state index >= 15 is 0 Å². The molecule has 6 nitrogen and oxygen atoms in total. The summed E-state index contributed by atoms with van der Waals surface area (Å²) in [7, 11) is 3.12. The van der Waals surface area contributed by atoms with Crippen molar-refractivity contribution in [2.75, 3.05) is 31.0 Å². The Bertz CT molecular complexity index is 943. The van der Waals surface area contributed by atoms with Crippen LogP contribution in [0.25, 0.3) is 0 Å². The van der Waals surface area contributed by atoms with Crippen molar-refractivity contribution >= 4 is 17.3 Å². The van der Waals surface area contributed by atoms with Gasteiger partial charge in [-0.25, -0.2) is 4.98 Å². The van der Waals surface area contributed by atoms with Crippen molar-refractivity contribution in [2.24, 2.45) is 0 Å². The van der Waals surface area contributed by atoms with Gasteiger partial charge in [0, 0.05) is 19.2 Å². The van der Waals surface area contributed by atoms with Gasteiger partial charge in [-0.3, -0.25) is 4.79 Å². The highest BCUT2D eigenvalue weighted by Crippen LogP contribution is 2.29. The molecule has 0 radical (unpaired) electrons. The number of methoxy groups -OCH3 is 2. The summed E-state index contributed by atoms with van der Waals surface area (Å²) in [4.78, 5) is 19.2. The van der Waals surface area contributed by atoms with Crippen LogP contribution in [-0.2, 0) is 6.54 Å². The average molecular weight is 391 g/mol. The molecule has 1 aromatic heterocycles. The second-order valence-corrected chi connectivity index (χ2v) is 6.42. The van der Waals surface area contributed by atoms with Crippen molar-refractivity contribution in [1.29, 1.82) is 0 Å². The van der Waals surface area contributed by atoms with Crippen LogP contribution in [0.4, 0.5) is 11.4 Å². The topological polar surface area (TPSA) is 63.7 Å². The minimum atomic E-state index is -0.311. The fraction of sp³-hybridized carbons (Fsp3) is 0.217. The molecule has 2 aromatic carbocycles. The number of ether oxygens (including phenoxy) is 2. The lowest BCUT2D eigenvalue weighted by Crippen LogP contribution is -2.22. The summed E-state index contributed by atoms with van der Waals surface area (Å²) >= 11 is 0. The number of carbonyl (C=O) groups excluding carboxylic acids is 1. The summed E-state index contributed by atoms with van der Waals surface area (Å²) in [6, 6.07) is 19.1. The highest BCUT2D eigenvalue weighted by Gasteiger charge is 2.13. The third-order valence-corrected chi connectivity index (χ3v) is 4.60. The van der Waals surface area contributed by atoms with Gasteiger partial charge in [-0.1, -0.05) is 30.3 Å². The third-order valence-electron chi connectivity index (χ3n) is 4.60. The molecule has 0 bridgehead atoms. The predicted octanol–water partition coefficient (Wildman–Crippen LogP) is 4.38. The number of amides is 1. The van der Waals surface area contributed by atoms with E-state index in [1.165, 1.54) is 5.56 Å². The van der Waals surface area contributed by atoms with Gasteiger partial charge in [-0.15, -0.1) is 0 Å². The van der Waals surface area contributed by atoms with Gasteiger partial charge in [0.1, 0.15) is 17.2 Å². The van der Waals surface area contributed by atoms with Gasteiger partial charge >= 0.3 is 0 Å². The van der Waals surface area contributed by atoms with E-state index in [0.717, 1.165) is 18.8 Å². The Kier molecular flexibility index (Phi) is 6.68. The van der Waals surface area contributed by atoms with E-state index in [9.17, 15) is 4.79 Å². The standard InChI is InChI=1S/C23H25N3O3/c1-4-26(16-17-8-6-5-7-9-17)18-10-12-20(24-15-18)23(27)25-21-14-19(28-2)11-13-22(21)29-3/h5-15H,4,16H2,1-3H3,(H,25,27). The number of hydrogen-bond donors (Lipinski definition) is 1. The average Bonchev–Trinajstić information content (AvgIpc) is 2.78. The molecule has 0 fully saturated rings. The second-order valence-electron chi connectivity index (χ2n) is 6.42. The largest absolute Gasteiger partial charge is 0.497 e. The van der Waals surface area contributed by atoms with E-state index in [0.29, 0.717) is 22.9 Å². The SMILES string of the molecule is CCN(Cc1ccccc1)c1ccc(C(=O)Nc2cc(OC)ccc2OC)nc1. The molecule has 1 heterocycles. The molecule has 29 heavy (non-hydrogen) atoms. The number of benzene rings is 2. The Labute approximate surface area is 171 Å². The van der Waals surface area contributed by atoms with Gasteiger partial charge in [-0.05, 0) is 36.8 Å². The van der Waals surface area contributed by atoms with Crippen LogP contribution in [0.2, 0.25) is 0 Å². The molecule has 3 aromatic rings. The first-order valence-corrected chi connectivity index (χ1v) is 9.43. The van der Waals surface area contributed by atoms with Crippen molar-refractivity contribution in [1.82, 2.24) is 4.98 Å². The molecule has 0 unspecified atom stereocenters. The predicted molar refractivity (Wildman–Crippen MR) is 115 cm³/mol. The van der Waals surface area contributed by atoms with Gasteiger partial charge in [-0.2, -0.15) is 0 Å². The summed E-state index contributed by atoms with van der Waals surface area (Å²) in [5.41, 5.74) is 3.05. The van der Waals surface area contributed by atoms with E-state index in [1.807, 2.05) is 24.3 Å². The first kappa shape index (κ1) is 20.2. The van der Waals surface area contributed by atoms with Gasteiger partial charge < -0.3 is 19.7 Å². The Morgan fingerprint density at radius 3 is 2.45 bits per heavy atom. The second kappa shape index (κ2) is 9.59. The Morgan fingerprint density at radius 1 is 1.03 bits per heavy atom. The first-order chi connectivity index (χ1) is 14.1. The quantitative estimate of drug-likeness (QED) is 0.617. The van der Waals surface area contributed by atoms with Crippen LogP contribution >= 0.6 is 0 Å². The number of nitrogens with one attached hydrogen (secondary N) is 1. The number of pyridine rings is 1. The van der Waals surface area contributed by atoms with Crippen molar-refractivity contribution in [2.45, 2.75) is 13.5 Å². The van der Waals surface area contributed by atoms with Crippen LogP contribution in [0.3, 0.4) is 0 Å². The van der Waals surface area contributed by atoms with Crippen LogP contribution in [-0.4, -0.2) is 31.7 Å². The van der Waals surface area contributed by atoms with E-state index in [4.69, 9.17) is 9.47 Å². The number of anilines is 2. The van der Waals surface area contributed by atoms with Crippen LogP contribution < -0.4 is 19.7 Å². The molecule has 1 N–H and O–H groups in total. The number of hydrogen-bond acceptors (Lipinski definition) is 5. The maximum Gasteiger partial charge on any atom is 0.274 e. The fourth-order valence-corrected chi connectivity index (χ4v) is 3.00. The normalized spacial score (nSPS) is 10.3. The van der Waals surface area contributed by atoms with E-state index in [1.54, 1.807) is 44.7 Å². The lowest BCUT2D eigenvalue weighted by atomic mass is 10.2. The molecular weight excluding hydrogens is 366 g/mol. The van der Waals surface area contributed by atoms with Crippen molar-refractivity contribution < 1.29 is 14.3 Å². The molecule has 0 aliphatic rings. The van der Waals surface area contributed by atoms with Gasteiger partial charge in [0.15, 0.2) is 0 Å². The zero-order valence-electron chi connectivity index (χ0n) is 16.9. The molecule has 150 valence electrons. The van der Waals surface area contributed by atoms with Crippen LogP contribution in [0, 0.1) is 0 Å². The van der Waals surface area contributed by atoms with Crippen molar-refractivity contribution in [3.05, 3.63) is 78.1 Å². The summed E-state index contributed by atoms with van der Waals surface area (Å²) in [6.07, 6.45) is 1.73. The van der Waals surface area contributed by atoms with Gasteiger partial charge in [0.25, 0.3) is 5.91 Å². The fourth-order valence-electron chi connectivity index (χ4n) is 3.00. The number of rotatable bonds is 8. The van der Waals surface area contributed by atoms with Crippen LogP contribution in [0.15, 0.2) is 66.9 Å². The zero-order valence-corrected chi connectivity index (χ0v) is 16.9. The number of nitrogens with zero attached hydrogens (tertiary/aromatic N) is 2. The monoisotopic (exact) mass is 391 g/mol. The molecule has 0 aliphatic heterocycles. The van der Waals surface area contributed by atoms with Crippen molar-refractivity contribution in [3.63, 3.8) is 0 Å². The minimum Gasteiger partial charge on any atom is -0.497 e. The maximum absolute atomic E-state index is 12.6. The summed E-state index contributed by atoms with van der Waals surface area (Å²) in [5.74, 6) is 0.869. The third kappa shape index (κ3) is 5.04. The molecule has 0 aliphatic carbocycles. The highest BCUT2D eigenvalue weighted by atomic mass is 16.5. The lowest BCUT2D eigenvalue weighted by molar-refractivity contribution is 0.102. The molecule has 0 atom stereocenters. The maximum atomic E-state index is 12.6. The summed E-state index contributed by atoms with van der Waals surface area (Å²) in [6.45, 7) is 3.72. The molecule has 1 amide bonds. The van der Waals surface area contributed by atoms with E-state index in [-0.39, 0.29) is 5.91 Å². The van der Waals surface area contributed by atoms with Crippen LogP contribution in [0.5, 0.6) is 11.5 Å². The summed E-state index contributed by atoms with van der Waals surface area (Å²) in [5, 5.41) is 2.83. The Balaban J connectivity index is 1.73. The number of carbonyl (C=O) groups is 1.